The van der Waals surface area contributed by atoms with Crippen molar-refractivity contribution >= 4 is 6.09 Å². The molecule has 0 bridgehead atoms. The summed E-state index contributed by atoms with van der Waals surface area (Å²) < 4.78 is 0. The number of carbonyl (C=O) groups is 1. The third kappa shape index (κ3) is 1.67. The molecule has 0 unspecified atom stereocenters. The summed E-state index contributed by atoms with van der Waals surface area (Å²) in [6.07, 6.45) is 4.19. The summed E-state index contributed by atoms with van der Waals surface area (Å²) in [7, 11) is 0. The van der Waals surface area contributed by atoms with Gasteiger partial charge < -0.3 is 15.7 Å². The molecule has 1 aliphatic carbocycles. The highest BCUT2D eigenvalue weighted by molar-refractivity contribution is 5.65. The summed E-state index contributed by atoms with van der Waals surface area (Å²) in [6.45, 7) is 1.92. The van der Waals surface area contributed by atoms with Gasteiger partial charge in [-0.05, 0) is 18.3 Å². The molecule has 3 atom stereocenters. The Hall–Kier alpha value is -1.03. The standard InChI is InChI=1S/C9H14N2O2/c12-9(13)11-8-3-1-2-6-4-10-5-7(6)8/h1-2,6-8,10-11H,3-5H2,(H,12,13)/t6-,7-,8-/m1/s1. The van der Waals surface area contributed by atoms with Crippen molar-refractivity contribution in [2.24, 2.45) is 11.8 Å². The molecule has 0 radical (unpaired) electrons. The van der Waals surface area contributed by atoms with E-state index in [0.29, 0.717) is 11.8 Å². The molecule has 1 aliphatic heterocycles. The summed E-state index contributed by atoms with van der Waals surface area (Å²) in [6, 6.07) is 0.0995. The largest absolute Gasteiger partial charge is 0.465 e. The van der Waals surface area contributed by atoms with Crippen molar-refractivity contribution in [1.29, 1.82) is 0 Å². The van der Waals surface area contributed by atoms with Crippen LogP contribution in [0.5, 0.6) is 0 Å². The Morgan fingerprint density at radius 1 is 1.54 bits per heavy atom. The van der Waals surface area contributed by atoms with Crippen LogP contribution in [0.1, 0.15) is 6.42 Å². The topological polar surface area (TPSA) is 61.4 Å². The molecule has 1 saturated heterocycles. The molecule has 0 aromatic carbocycles. The van der Waals surface area contributed by atoms with Crippen molar-refractivity contribution in [2.45, 2.75) is 12.5 Å². The molecule has 0 aromatic heterocycles. The molecule has 0 saturated carbocycles. The van der Waals surface area contributed by atoms with E-state index in [0.717, 1.165) is 19.5 Å². The van der Waals surface area contributed by atoms with Crippen LogP contribution in [0.2, 0.25) is 0 Å². The van der Waals surface area contributed by atoms with E-state index < -0.39 is 6.09 Å². The van der Waals surface area contributed by atoms with Crippen LogP contribution >= 0.6 is 0 Å². The Labute approximate surface area is 77.0 Å². The van der Waals surface area contributed by atoms with Gasteiger partial charge in [0, 0.05) is 19.1 Å². The minimum Gasteiger partial charge on any atom is -0.465 e. The van der Waals surface area contributed by atoms with Crippen molar-refractivity contribution in [1.82, 2.24) is 10.6 Å². The SMILES string of the molecule is O=C(O)N[C@@H]1CC=C[C@@H]2CNC[C@H]21. The van der Waals surface area contributed by atoms with Crippen LogP contribution in [0.15, 0.2) is 12.2 Å². The monoisotopic (exact) mass is 182 g/mol. The lowest BCUT2D eigenvalue weighted by Crippen LogP contribution is -2.43. The van der Waals surface area contributed by atoms with Crippen LogP contribution in [-0.2, 0) is 0 Å². The second-order valence-corrected chi connectivity index (χ2v) is 3.71. The summed E-state index contributed by atoms with van der Waals surface area (Å²) in [4.78, 5) is 10.5. The van der Waals surface area contributed by atoms with Crippen molar-refractivity contribution in [2.75, 3.05) is 13.1 Å². The quantitative estimate of drug-likeness (QED) is 0.515. The second kappa shape index (κ2) is 3.38. The van der Waals surface area contributed by atoms with Crippen LogP contribution in [0, 0.1) is 11.8 Å². The highest BCUT2D eigenvalue weighted by Crippen LogP contribution is 2.27. The van der Waals surface area contributed by atoms with Gasteiger partial charge in [-0.1, -0.05) is 12.2 Å². The van der Waals surface area contributed by atoms with Gasteiger partial charge in [-0.3, -0.25) is 0 Å². The fourth-order valence-electron chi connectivity index (χ4n) is 2.27. The van der Waals surface area contributed by atoms with Crippen molar-refractivity contribution in [3.05, 3.63) is 12.2 Å². The summed E-state index contributed by atoms with van der Waals surface area (Å²) >= 11 is 0. The number of rotatable bonds is 1. The Kier molecular flexibility index (Phi) is 2.22. The molecule has 2 rings (SSSR count). The lowest BCUT2D eigenvalue weighted by Gasteiger charge is -2.28. The Bertz CT molecular complexity index is 240. The summed E-state index contributed by atoms with van der Waals surface area (Å²) in [5, 5.41) is 14.5. The Balaban J connectivity index is 2.03. The van der Waals surface area contributed by atoms with Gasteiger partial charge in [-0.2, -0.15) is 0 Å². The molecule has 2 aliphatic rings. The first-order valence-corrected chi connectivity index (χ1v) is 4.64. The average molecular weight is 182 g/mol. The van der Waals surface area contributed by atoms with Crippen LogP contribution in [-0.4, -0.2) is 30.3 Å². The third-order valence-corrected chi connectivity index (χ3v) is 2.91. The maximum atomic E-state index is 10.5. The highest BCUT2D eigenvalue weighted by atomic mass is 16.4. The smallest absolute Gasteiger partial charge is 0.404 e. The van der Waals surface area contributed by atoms with Crippen LogP contribution in [0.4, 0.5) is 4.79 Å². The number of hydrogen-bond acceptors (Lipinski definition) is 2. The van der Waals surface area contributed by atoms with Crippen molar-refractivity contribution < 1.29 is 9.90 Å². The van der Waals surface area contributed by atoms with Crippen LogP contribution in [0.25, 0.3) is 0 Å². The normalized spacial score (nSPS) is 37.1. The lowest BCUT2D eigenvalue weighted by atomic mass is 9.83. The van der Waals surface area contributed by atoms with E-state index in [2.05, 4.69) is 22.8 Å². The van der Waals surface area contributed by atoms with Crippen LogP contribution in [0.3, 0.4) is 0 Å². The Morgan fingerprint density at radius 3 is 3.15 bits per heavy atom. The van der Waals surface area contributed by atoms with E-state index in [4.69, 9.17) is 5.11 Å². The molecule has 4 nitrogen and oxygen atoms in total. The Morgan fingerprint density at radius 2 is 2.38 bits per heavy atom. The molecule has 1 heterocycles. The van der Waals surface area contributed by atoms with Crippen LogP contribution < -0.4 is 10.6 Å². The molecule has 0 spiro atoms. The van der Waals surface area contributed by atoms with E-state index in [1.807, 2.05) is 0 Å². The van der Waals surface area contributed by atoms with E-state index >= 15 is 0 Å². The van der Waals surface area contributed by atoms with E-state index in [1.54, 1.807) is 0 Å². The van der Waals surface area contributed by atoms with Gasteiger partial charge in [0.1, 0.15) is 0 Å². The van der Waals surface area contributed by atoms with Gasteiger partial charge in [0.25, 0.3) is 0 Å². The molecule has 13 heavy (non-hydrogen) atoms. The first-order chi connectivity index (χ1) is 6.27. The van der Waals surface area contributed by atoms with Gasteiger partial charge in [-0.25, -0.2) is 4.79 Å². The van der Waals surface area contributed by atoms with E-state index in [1.165, 1.54) is 0 Å². The minimum atomic E-state index is -0.911. The zero-order valence-corrected chi connectivity index (χ0v) is 7.36. The van der Waals surface area contributed by atoms with Gasteiger partial charge in [0.15, 0.2) is 0 Å². The molecule has 0 aromatic rings. The third-order valence-electron chi connectivity index (χ3n) is 2.91. The zero-order chi connectivity index (χ0) is 9.26. The van der Waals surface area contributed by atoms with Crippen molar-refractivity contribution in [3.63, 3.8) is 0 Å². The van der Waals surface area contributed by atoms with Crippen molar-refractivity contribution in [3.8, 4) is 0 Å². The second-order valence-electron chi connectivity index (χ2n) is 3.71. The maximum Gasteiger partial charge on any atom is 0.404 e. The number of carboxylic acid groups (broad SMARTS) is 1. The summed E-state index contributed by atoms with van der Waals surface area (Å²) in [5.41, 5.74) is 0. The molecule has 4 heteroatoms. The number of hydrogen-bond donors (Lipinski definition) is 3. The fraction of sp³-hybridized carbons (Fsp3) is 0.667. The predicted octanol–water partition coefficient (Wildman–Crippen LogP) is 0.418. The van der Waals surface area contributed by atoms with E-state index in [-0.39, 0.29) is 6.04 Å². The van der Waals surface area contributed by atoms with Gasteiger partial charge in [0.2, 0.25) is 0 Å². The number of nitrogens with one attached hydrogen (secondary N) is 2. The van der Waals surface area contributed by atoms with Gasteiger partial charge in [-0.15, -0.1) is 0 Å². The molecule has 3 N–H and O–H groups in total. The minimum absolute atomic E-state index is 0.0995. The number of fused-ring (bicyclic) bond motifs is 1. The molecule has 72 valence electrons. The fourth-order valence-corrected chi connectivity index (χ4v) is 2.27. The molecular weight excluding hydrogens is 168 g/mol. The lowest BCUT2D eigenvalue weighted by molar-refractivity contribution is 0.182. The number of amides is 1. The van der Waals surface area contributed by atoms with E-state index in [9.17, 15) is 4.79 Å². The molecule has 1 amide bonds. The molecule has 1 fully saturated rings. The maximum absolute atomic E-state index is 10.5. The average Bonchev–Trinajstić information content (AvgIpc) is 2.51. The van der Waals surface area contributed by atoms with Gasteiger partial charge in [0.05, 0.1) is 0 Å². The zero-order valence-electron chi connectivity index (χ0n) is 7.36. The first kappa shape index (κ1) is 8.56. The highest BCUT2D eigenvalue weighted by Gasteiger charge is 2.34. The predicted molar refractivity (Wildman–Crippen MR) is 48.6 cm³/mol. The first-order valence-electron chi connectivity index (χ1n) is 4.64. The molecular formula is C9H14N2O2. The van der Waals surface area contributed by atoms with Gasteiger partial charge >= 0.3 is 6.09 Å². The summed E-state index contributed by atoms with van der Waals surface area (Å²) in [5.74, 6) is 0.965.